The van der Waals surface area contributed by atoms with E-state index in [2.05, 4.69) is 15.8 Å². The number of ether oxygens (including phenoxy) is 2. The van der Waals surface area contributed by atoms with Gasteiger partial charge in [-0.3, -0.25) is 9.59 Å². The Balaban J connectivity index is 1.46. The number of nitrogens with zero attached hydrogens (tertiary/aromatic N) is 1. The van der Waals surface area contributed by atoms with Crippen molar-refractivity contribution < 1.29 is 23.5 Å². The molecule has 0 radical (unpaired) electrons. The molecule has 2 aromatic rings. The van der Waals surface area contributed by atoms with Gasteiger partial charge in [0.05, 0.1) is 12.8 Å². The van der Waals surface area contributed by atoms with E-state index in [1.807, 2.05) is 6.07 Å². The number of hydrogen-bond acceptors (Lipinski definition) is 6. The van der Waals surface area contributed by atoms with E-state index in [1.165, 1.54) is 6.26 Å². The number of hydrazone groups is 1. The Morgan fingerprint density at radius 1 is 1.20 bits per heavy atom. The Morgan fingerprint density at radius 2 is 2.00 bits per heavy atom. The molecule has 1 aliphatic heterocycles. The van der Waals surface area contributed by atoms with Crippen LogP contribution in [0.3, 0.4) is 0 Å². The first-order chi connectivity index (χ1) is 12.1. The number of carbonyl (C=O) groups excluding carboxylic acids is 2. The molecule has 0 saturated carbocycles. The Hall–Kier alpha value is -3.29. The van der Waals surface area contributed by atoms with E-state index in [9.17, 15) is 9.59 Å². The molecule has 0 aliphatic carbocycles. The number of fused-ring (bicyclic) bond motifs is 1. The van der Waals surface area contributed by atoms with E-state index in [-0.39, 0.29) is 13.2 Å². The molecule has 0 bridgehead atoms. The minimum absolute atomic E-state index is 0.0836. The molecule has 8 heteroatoms. The summed E-state index contributed by atoms with van der Waals surface area (Å²) in [5.41, 5.74) is 2.87. The molecule has 130 valence electrons. The smallest absolute Gasteiger partial charge is 0.265 e. The lowest BCUT2D eigenvalue weighted by Crippen LogP contribution is -2.46. The molecule has 2 N–H and O–H groups in total. The highest BCUT2D eigenvalue weighted by Gasteiger charge is 2.27. The summed E-state index contributed by atoms with van der Waals surface area (Å²) >= 11 is 0. The molecule has 1 aromatic heterocycles. The molecule has 1 aromatic carbocycles. The molecule has 25 heavy (non-hydrogen) atoms. The summed E-state index contributed by atoms with van der Waals surface area (Å²) in [5, 5.41) is 6.40. The molecule has 2 amide bonds. The van der Waals surface area contributed by atoms with Crippen molar-refractivity contribution >= 4 is 17.5 Å². The lowest BCUT2D eigenvalue weighted by molar-refractivity contribution is -0.132. The molecule has 0 spiro atoms. The lowest BCUT2D eigenvalue weighted by Gasteiger charge is -2.25. The average Bonchev–Trinajstić information content (AvgIpc) is 3.18. The average molecular weight is 343 g/mol. The van der Waals surface area contributed by atoms with E-state index in [0.717, 1.165) is 0 Å². The van der Waals surface area contributed by atoms with Crippen molar-refractivity contribution in [3.63, 3.8) is 0 Å². The van der Waals surface area contributed by atoms with Gasteiger partial charge in [-0.05, 0) is 31.2 Å². The van der Waals surface area contributed by atoms with Crippen LogP contribution in [0.1, 0.15) is 12.7 Å². The van der Waals surface area contributed by atoms with Crippen molar-refractivity contribution in [2.45, 2.75) is 13.0 Å². The highest BCUT2D eigenvalue weighted by Crippen LogP contribution is 2.30. The fourth-order valence-electron chi connectivity index (χ4n) is 2.16. The van der Waals surface area contributed by atoms with Gasteiger partial charge >= 0.3 is 0 Å². The minimum atomic E-state index is -0.809. The van der Waals surface area contributed by atoms with Crippen LogP contribution < -0.4 is 20.2 Å². The number of rotatable bonds is 5. The highest BCUT2D eigenvalue weighted by atomic mass is 16.6. The molecule has 1 atom stereocenters. The predicted octanol–water partition coefficient (Wildman–Crippen LogP) is 1.08. The normalized spacial score (nSPS) is 16.2. The maximum atomic E-state index is 12.1. The number of hydrogen-bond donors (Lipinski definition) is 2. The fraction of sp³-hybridized carbons (Fsp3) is 0.235. The van der Waals surface area contributed by atoms with Crippen LogP contribution in [0.4, 0.5) is 0 Å². The van der Waals surface area contributed by atoms with Crippen LogP contribution in [0, 0.1) is 0 Å². The van der Waals surface area contributed by atoms with Gasteiger partial charge in [0.15, 0.2) is 11.5 Å². The first kappa shape index (κ1) is 16.6. The van der Waals surface area contributed by atoms with Crippen LogP contribution in [0.5, 0.6) is 11.5 Å². The Bertz CT molecular complexity index is 785. The van der Waals surface area contributed by atoms with Gasteiger partial charge in [-0.2, -0.15) is 5.10 Å². The third-order valence-corrected chi connectivity index (χ3v) is 3.45. The van der Waals surface area contributed by atoms with Gasteiger partial charge in [0, 0.05) is 0 Å². The number of benzene rings is 1. The number of carbonyl (C=O) groups is 2. The summed E-state index contributed by atoms with van der Waals surface area (Å²) < 4.78 is 16.2. The third-order valence-electron chi connectivity index (χ3n) is 3.45. The summed E-state index contributed by atoms with van der Waals surface area (Å²) in [5.74, 6) is 0.743. The maximum absolute atomic E-state index is 12.1. The summed E-state index contributed by atoms with van der Waals surface area (Å²) in [7, 11) is 0. The lowest BCUT2D eigenvalue weighted by atomic mass is 10.2. The van der Waals surface area contributed by atoms with Gasteiger partial charge in [-0.1, -0.05) is 12.1 Å². The standard InChI is InChI=1S/C17H17N3O5/c1-11(12-7-4-8-23-12)19-20-16(21)9-18-17(22)15-10-24-13-5-2-3-6-14(13)25-15/h2-8,15H,9-10H2,1H3,(H,18,22)(H,20,21). The zero-order valence-electron chi connectivity index (χ0n) is 13.5. The first-order valence-corrected chi connectivity index (χ1v) is 7.66. The first-order valence-electron chi connectivity index (χ1n) is 7.66. The molecule has 8 nitrogen and oxygen atoms in total. The zero-order chi connectivity index (χ0) is 17.6. The highest BCUT2D eigenvalue weighted by molar-refractivity contribution is 5.97. The van der Waals surface area contributed by atoms with E-state index < -0.39 is 17.9 Å². The number of para-hydroxylation sites is 2. The van der Waals surface area contributed by atoms with Crippen LogP contribution in [0.25, 0.3) is 0 Å². The van der Waals surface area contributed by atoms with Crippen molar-refractivity contribution in [2.24, 2.45) is 5.10 Å². The van der Waals surface area contributed by atoms with E-state index in [4.69, 9.17) is 13.9 Å². The minimum Gasteiger partial charge on any atom is -0.485 e. The summed E-state index contributed by atoms with van der Waals surface area (Å²) in [6.45, 7) is 1.55. The summed E-state index contributed by atoms with van der Waals surface area (Å²) in [4.78, 5) is 23.9. The molecule has 1 unspecified atom stereocenters. The monoisotopic (exact) mass is 343 g/mol. The summed E-state index contributed by atoms with van der Waals surface area (Å²) in [6.07, 6.45) is 0.705. The van der Waals surface area contributed by atoms with Crippen molar-refractivity contribution in [1.29, 1.82) is 0 Å². The van der Waals surface area contributed by atoms with Gasteiger partial charge < -0.3 is 19.2 Å². The van der Waals surface area contributed by atoms with E-state index in [0.29, 0.717) is 23.0 Å². The van der Waals surface area contributed by atoms with Crippen LogP contribution >= 0.6 is 0 Å². The van der Waals surface area contributed by atoms with Gasteiger partial charge in [0.1, 0.15) is 18.1 Å². The van der Waals surface area contributed by atoms with Crippen LogP contribution in [-0.4, -0.2) is 36.8 Å². The van der Waals surface area contributed by atoms with Crippen LogP contribution in [-0.2, 0) is 9.59 Å². The maximum Gasteiger partial charge on any atom is 0.265 e. The Morgan fingerprint density at radius 3 is 2.76 bits per heavy atom. The molecule has 1 aliphatic rings. The zero-order valence-corrected chi connectivity index (χ0v) is 13.5. The molecule has 2 heterocycles. The van der Waals surface area contributed by atoms with Gasteiger partial charge in [0.25, 0.3) is 11.8 Å². The second kappa shape index (κ2) is 7.52. The van der Waals surface area contributed by atoms with E-state index in [1.54, 1.807) is 37.3 Å². The second-order valence-corrected chi connectivity index (χ2v) is 5.29. The van der Waals surface area contributed by atoms with Crippen molar-refractivity contribution in [1.82, 2.24) is 10.7 Å². The molecule has 3 rings (SSSR count). The quantitative estimate of drug-likeness (QED) is 0.625. The Kier molecular flexibility index (Phi) is 4.98. The number of nitrogens with one attached hydrogen (secondary N) is 2. The predicted molar refractivity (Wildman–Crippen MR) is 88.4 cm³/mol. The van der Waals surface area contributed by atoms with E-state index >= 15 is 0 Å². The second-order valence-electron chi connectivity index (χ2n) is 5.29. The fourth-order valence-corrected chi connectivity index (χ4v) is 2.16. The number of furan rings is 1. The van der Waals surface area contributed by atoms with Crippen molar-refractivity contribution in [3.8, 4) is 11.5 Å². The Labute approximate surface area is 143 Å². The molecular formula is C17H17N3O5. The van der Waals surface area contributed by atoms with Gasteiger partial charge in [-0.25, -0.2) is 5.43 Å². The third kappa shape index (κ3) is 4.17. The molecule has 0 saturated heterocycles. The van der Waals surface area contributed by atoms with Gasteiger partial charge in [-0.15, -0.1) is 0 Å². The van der Waals surface area contributed by atoms with Gasteiger partial charge in [0.2, 0.25) is 6.10 Å². The molecular weight excluding hydrogens is 326 g/mol. The van der Waals surface area contributed by atoms with Crippen LogP contribution in [0.2, 0.25) is 0 Å². The van der Waals surface area contributed by atoms with Crippen molar-refractivity contribution in [3.05, 3.63) is 48.4 Å². The molecule has 0 fully saturated rings. The largest absolute Gasteiger partial charge is 0.485 e. The topological polar surface area (TPSA) is 102 Å². The number of amides is 2. The summed E-state index contributed by atoms with van der Waals surface area (Å²) in [6, 6.07) is 10.5. The van der Waals surface area contributed by atoms with Crippen LogP contribution in [0.15, 0.2) is 52.2 Å². The SMILES string of the molecule is CC(=NNC(=O)CNC(=O)C1COc2ccccc2O1)c1ccco1. The van der Waals surface area contributed by atoms with Crippen molar-refractivity contribution in [2.75, 3.05) is 13.2 Å².